The van der Waals surface area contributed by atoms with E-state index in [1.54, 1.807) is 35.2 Å². The van der Waals surface area contributed by atoms with Crippen LogP contribution in [0.15, 0.2) is 46.9 Å². The Labute approximate surface area is 170 Å². The van der Waals surface area contributed by atoms with Crippen LogP contribution in [-0.2, 0) is 20.9 Å². The SMILES string of the molecule is CCN1C(=O)[C@@H](NC(=O)C(=O)NCc2ccc(Cl)cc2)c2cc(Br)ccc21. The van der Waals surface area contributed by atoms with Crippen molar-refractivity contribution >= 4 is 50.9 Å². The minimum absolute atomic E-state index is 0.186. The molecule has 6 nitrogen and oxygen atoms in total. The van der Waals surface area contributed by atoms with Gasteiger partial charge in [-0.05, 0) is 42.8 Å². The van der Waals surface area contributed by atoms with E-state index in [1.807, 2.05) is 19.1 Å². The molecule has 140 valence electrons. The van der Waals surface area contributed by atoms with E-state index in [4.69, 9.17) is 11.6 Å². The summed E-state index contributed by atoms with van der Waals surface area (Å²) in [5.74, 6) is -1.92. The number of hydrogen-bond donors (Lipinski definition) is 2. The van der Waals surface area contributed by atoms with Gasteiger partial charge in [0.1, 0.15) is 6.04 Å². The van der Waals surface area contributed by atoms with Crippen LogP contribution >= 0.6 is 27.5 Å². The second-order valence-electron chi connectivity index (χ2n) is 6.00. The molecule has 1 atom stereocenters. The summed E-state index contributed by atoms with van der Waals surface area (Å²) in [6.45, 7) is 2.51. The zero-order chi connectivity index (χ0) is 19.6. The monoisotopic (exact) mass is 449 g/mol. The van der Waals surface area contributed by atoms with Crippen molar-refractivity contribution in [3.63, 3.8) is 0 Å². The zero-order valence-corrected chi connectivity index (χ0v) is 16.8. The largest absolute Gasteiger partial charge is 0.344 e. The third kappa shape index (κ3) is 4.14. The van der Waals surface area contributed by atoms with Crippen molar-refractivity contribution in [3.8, 4) is 0 Å². The number of fused-ring (bicyclic) bond motifs is 1. The number of nitrogens with one attached hydrogen (secondary N) is 2. The number of anilines is 1. The Hall–Kier alpha value is -2.38. The average molecular weight is 451 g/mol. The van der Waals surface area contributed by atoms with Crippen molar-refractivity contribution in [2.75, 3.05) is 11.4 Å². The molecule has 2 aromatic rings. The zero-order valence-electron chi connectivity index (χ0n) is 14.5. The highest BCUT2D eigenvalue weighted by atomic mass is 79.9. The van der Waals surface area contributed by atoms with Crippen LogP contribution in [0.2, 0.25) is 5.02 Å². The maximum Gasteiger partial charge on any atom is 0.310 e. The highest BCUT2D eigenvalue weighted by molar-refractivity contribution is 9.10. The standard InChI is InChI=1S/C19H17BrClN3O3/c1-2-24-15-8-5-12(20)9-14(15)16(19(24)27)23-18(26)17(25)22-10-11-3-6-13(21)7-4-11/h3-9,16H,2,10H2,1H3,(H,22,25)(H,23,26)/t16-/m0/s1. The fourth-order valence-electron chi connectivity index (χ4n) is 2.94. The van der Waals surface area contributed by atoms with Crippen molar-refractivity contribution < 1.29 is 14.4 Å². The molecule has 0 radical (unpaired) electrons. The molecule has 3 amide bonds. The van der Waals surface area contributed by atoms with Crippen molar-refractivity contribution in [2.45, 2.75) is 19.5 Å². The fourth-order valence-corrected chi connectivity index (χ4v) is 3.44. The summed E-state index contributed by atoms with van der Waals surface area (Å²) < 4.78 is 0.790. The molecule has 1 aliphatic heterocycles. The summed E-state index contributed by atoms with van der Waals surface area (Å²) in [4.78, 5) is 38.6. The van der Waals surface area contributed by atoms with E-state index >= 15 is 0 Å². The maximum atomic E-state index is 12.6. The van der Waals surface area contributed by atoms with E-state index in [0.29, 0.717) is 17.1 Å². The van der Waals surface area contributed by atoms with Gasteiger partial charge >= 0.3 is 11.8 Å². The third-order valence-corrected chi connectivity index (χ3v) is 5.01. The molecule has 0 aliphatic carbocycles. The highest BCUT2D eigenvalue weighted by Crippen LogP contribution is 2.37. The number of rotatable bonds is 4. The summed E-state index contributed by atoms with van der Waals surface area (Å²) in [7, 11) is 0. The minimum Gasteiger partial charge on any atom is -0.344 e. The Balaban J connectivity index is 1.68. The van der Waals surface area contributed by atoms with Gasteiger partial charge in [0.25, 0.3) is 5.91 Å². The normalized spacial score (nSPS) is 15.4. The van der Waals surface area contributed by atoms with Crippen molar-refractivity contribution in [2.24, 2.45) is 0 Å². The van der Waals surface area contributed by atoms with E-state index < -0.39 is 17.9 Å². The molecule has 1 aliphatic rings. The van der Waals surface area contributed by atoms with Crippen molar-refractivity contribution in [1.82, 2.24) is 10.6 Å². The average Bonchev–Trinajstić information content (AvgIpc) is 2.91. The molecule has 0 saturated heterocycles. The molecular weight excluding hydrogens is 434 g/mol. The number of likely N-dealkylation sites (N-methyl/N-ethyl adjacent to an activating group) is 1. The predicted octanol–water partition coefficient (Wildman–Crippen LogP) is 2.94. The lowest BCUT2D eigenvalue weighted by atomic mass is 10.1. The molecule has 0 spiro atoms. The molecular formula is C19H17BrClN3O3. The molecule has 0 fully saturated rings. The lowest BCUT2D eigenvalue weighted by Gasteiger charge is -2.15. The minimum atomic E-state index is -0.883. The Bertz CT molecular complexity index is 902. The number of hydrogen-bond acceptors (Lipinski definition) is 3. The molecule has 2 aromatic carbocycles. The van der Waals surface area contributed by atoms with Gasteiger partial charge in [0.2, 0.25) is 0 Å². The molecule has 0 saturated carbocycles. The maximum absolute atomic E-state index is 12.6. The highest BCUT2D eigenvalue weighted by Gasteiger charge is 2.38. The van der Waals surface area contributed by atoms with Crippen LogP contribution in [-0.4, -0.2) is 24.3 Å². The quantitative estimate of drug-likeness (QED) is 0.703. The van der Waals surface area contributed by atoms with Crippen LogP contribution < -0.4 is 15.5 Å². The number of amides is 3. The van der Waals surface area contributed by atoms with Gasteiger partial charge in [-0.1, -0.05) is 39.7 Å². The molecule has 0 aromatic heterocycles. The van der Waals surface area contributed by atoms with Crippen LogP contribution in [0, 0.1) is 0 Å². The van der Waals surface area contributed by atoms with Crippen molar-refractivity contribution in [3.05, 3.63) is 63.1 Å². The number of nitrogens with zero attached hydrogens (tertiary/aromatic N) is 1. The Morgan fingerprint density at radius 2 is 1.85 bits per heavy atom. The molecule has 8 heteroatoms. The van der Waals surface area contributed by atoms with E-state index in [2.05, 4.69) is 26.6 Å². The summed E-state index contributed by atoms with van der Waals surface area (Å²) in [5, 5.41) is 5.67. The number of halogens is 2. The summed E-state index contributed by atoms with van der Waals surface area (Å²) >= 11 is 9.19. The van der Waals surface area contributed by atoms with Gasteiger partial charge in [0, 0.05) is 33.8 Å². The smallest absolute Gasteiger partial charge is 0.310 e. The van der Waals surface area contributed by atoms with Crippen LogP contribution in [0.25, 0.3) is 0 Å². The molecule has 0 bridgehead atoms. The number of carbonyl (C=O) groups is 3. The van der Waals surface area contributed by atoms with E-state index in [9.17, 15) is 14.4 Å². The van der Waals surface area contributed by atoms with Crippen LogP contribution in [0.4, 0.5) is 5.69 Å². The summed E-state index contributed by atoms with van der Waals surface area (Å²) in [6, 6.07) is 11.5. The van der Waals surface area contributed by atoms with Gasteiger partial charge < -0.3 is 15.5 Å². The predicted molar refractivity (Wildman–Crippen MR) is 106 cm³/mol. The van der Waals surface area contributed by atoms with E-state index in [0.717, 1.165) is 15.7 Å². The lowest BCUT2D eigenvalue weighted by Crippen LogP contribution is -2.44. The lowest BCUT2D eigenvalue weighted by molar-refractivity contribution is -0.140. The van der Waals surface area contributed by atoms with E-state index in [1.165, 1.54) is 0 Å². The van der Waals surface area contributed by atoms with Crippen molar-refractivity contribution in [1.29, 1.82) is 0 Å². The number of benzene rings is 2. The van der Waals surface area contributed by atoms with Gasteiger partial charge in [0.15, 0.2) is 0 Å². The second kappa shape index (κ2) is 8.10. The number of carbonyl (C=O) groups excluding carboxylic acids is 3. The molecule has 2 N–H and O–H groups in total. The first-order chi connectivity index (χ1) is 12.9. The van der Waals surface area contributed by atoms with Gasteiger partial charge in [-0.2, -0.15) is 0 Å². The topological polar surface area (TPSA) is 78.5 Å². The van der Waals surface area contributed by atoms with Crippen LogP contribution in [0.5, 0.6) is 0 Å². The first-order valence-corrected chi connectivity index (χ1v) is 9.51. The summed E-state index contributed by atoms with van der Waals surface area (Å²) in [5.41, 5.74) is 2.21. The fraction of sp³-hybridized carbons (Fsp3) is 0.211. The first-order valence-electron chi connectivity index (χ1n) is 8.34. The third-order valence-electron chi connectivity index (χ3n) is 4.27. The van der Waals surface area contributed by atoms with E-state index in [-0.39, 0.29) is 12.5 Å². The van der Waals surface area contributed by atoms with Gasteiger partial charge in [-0.3, -0.25) is 14.4 Å². The Morgan fingerprint density at radius 1 is 1.15 bits per heavy atom. The first kappa shape index (κ1) is 19.4. The molecule has 3 rings (SSSR count). The van der Waals surface area contributed by atoms with Gasteiger partial charge in [-0.15, -0.1) is 0 Å². The van der Waals surface area contributed by atoms with Gasteiger partial charge in [-0.25, -0.2) is 0 Å². The Kier molecular flexibility index (Phi) is 5.82. The molecule has 0 unspecified atom stereocenters. The van der Waals surface area contributed by atoms with Crippen LogP contribution in [0.3, 0.4) is 0 Å². The molecule has 1 heterocycles. The summed E-state index contributed by atoms with van der Waals surface area (Å²) in [6.07, 6.45) is 0. The molecule has 27 heavy (non-hydrogen) atoms. The Morgan fingerprint density at radius 3 is 2.52 bits per heavy atom. The van der Waals surface area contributed by atoms with Crippen LogP contribution in [0.1, 0.15) is 24.1 Å². The van der Waals surface area contributed by atoms with Gasteiger partial charge in [0.05, 0.1) is 0 Å². The second-order valence-corrected chi connectivity index (χ2v) is 7.35.